The Labute approximate surface area is 135 Å². The molecule has 122 valence electrons. The molecule has 5 nitrogen and oxygen atoms in total. The first-order chi connectivity index (χ1) is 10.3. The average molecular weight is 324 g/mol. The van der Waals surface area contributed by atoms with Crippen LogP contribution in [0.25, 0.3) is 0 Å². The Morgan fingerprint density at radius 2 is 2.18 bits per heavy atom. The van der Waals surface area contributed by atoms with Crippen molar-refractivity contribution in [1.29, 1.82) is 0 Å². The Balaban J connectivity index is 1.89. The Bertz CT molecular complexity index is 543. The Morgan fingerprint density at radius 1 is 1.45 bits per heavy atom. The van der Waals surface area contributed by atoms with Gasteiger partial charge in [0.1, 0.15) is 0 Å². The number of carboxylic acids is 1. The van der Waals surface area contributed by atoms with E-state index in [-0.39, 0.29) is 18.0 Å². The molecule has 0 saturated carbocycles. The van der Waals surface area contributed by atoms with Crippen molar-refractivity contribution in [3.8, 4) is 0 Å². The molecule has 6 heteroatoms. The highest BCUT2D eigenvalue weighted by Gasteiger charge is 2.32. The van der Waals surface area contributed by atoms with Crippen molar-refractivity contribution in [2.75, 3.05) is 13.1 Å². The molecule has 2 N–H and O–H groups in total. The molecule has 2 heterocycles. The molecule has 1 fully saturated rings. The molecule has 1 aromatic heterocycles. The third kappa shape index (κ3) is 4.47. The quantitative estimate of drug-likeness (QED) is 0.895. The van der Waals surface area contributed by atoms with Gasteiger partial charge in [-0.1, -0.05) is 6.92 Å². The minimum Gasteiger partial charge on any atom is -0.481 e. The Kier molecular flexibility index (Phi) is 5.45. The molecule has 0 aliphatic carbocycles. The van der Waals surface area contributed by atoms with Crippen molar-refractivity contribution in [2.24, 2.45) is 11.8 Å². The van der Waals surface area contributed by atoms with E-state index in [4.69, 9.17) is 0 Å². The first kappa shape index (κ1) is 16.8. The van der Waals surface area contributed by atoms with Gasteiger partial charge in [-0.3, -0.25) is 4.79 Å². The number of hydrogen-bond donors (Lipinski definition) is 2. The highest BCUT2D eigenvalue weighted by Crippen LogP contribution is 2.22. The van der Waals surface area contributed by atoms with Crippen molar-refractivity contribution in [3.63, 3.8) is 0 Å². The molecule has 22 heavy (non-hydrogen) atoms. The van der Waals surface area contributed by atoms with Gasteiger partial charge in [0.2, 0.25) is 0 Å². The normalized spacial score (nSPS) is 23.1. The zero-order valence-electron chi connectivity index (χ0n) is 13.3. The van der Waals surface area contributed by atoms with Crippen LogP contribution in [0.5, 0.6) is 0 Å². The van der Waals surface area contributed by atoms with E-state index in [9.17, 15) is 14.7 Å². The van der Waals surface area contributed by atoms with Crippen LogP contribution in [0.1, 0.15) is 30.0 Å². The van der Waals surface area contributed by atoms with Crippen LogP contribution in [0.15, 0.2) is 12.1 Å². The van der Waals surface area contributed by atoms with Gasteiger partial charge >= 0.3 is 12.0 Å². The average Bonchev–Trinajstić information content (AvgIpc) is 2.83. The summed E-state index contributed by atoms with van der Waals surface area (Å²) in [5, 5.41) is 12.2. The number of carbonyl (C=O) groups excluding carboxylic acids is 1. The molecular weight excluding hydrogens is 300 g/mol. The summed E-state index contributed by atoms with van der Waals surface area (Å²) < 4.78 is 0. The van der Waals surface area contributed by atoms with E-state index >= 15 is 0 Å². The number of aryl methyl sites for hydroxylation is 1. The number of thiophene rings is 1. The molecule has 0 radical (unpaired) electrons. The number of likely N-dealkylation sites (tertiary alicyclic amines) is 1. The molecule has 2 amide bonds. The summed E-state index contributed by atoms with van der Waals surface area (Å²) in [7, 11) is 0. The maximum Gasteiger partial charge on any atom is 0.317 e. The number of nitrogens with one attached hydrogen (secondary N) is 1. The van der Waals surface area contributed by atoms with Gasteiger partial charge in [-0.2, -0.15) is 0 Å². The summed E-state index contributed by atoms with van der Waals surface area (Å²) in [6.07, 6.45) is 1.44. The second kappa shape index (κ2) is 7.13. The zero-order valence-corrected chi connectivity index (χ0v) is 14.2. The SMILES string of the molecule is Cc1ccc(CC(C)NC(=O)N2CC(C)CC(C(=O)O)C2)s1. The number of aliphatic carboxylic acids is 1. The number of piperidine rings is 1. The molecule has 1 aliphatic heterocycles. The minimum absolute atomic E-state index is 0.0334. The number of urea groups is 1. The molecule has 1 aromatic rings. The van der Waals surface area contributed by atoms with Gasteiger partial charge in [0, 0.05) is 35.3 Å². The van der Waals surface area contributed by atoms with Crippen molar-refractivity contribution >= 4 is 23.3 Å². The van der Waals surface area contributed by atoms with Gasteiger partial charge in [-0.25, -0.2) is 4.79 Å². The Hall–Kier alpha value is -1.56. The lowest BCUT2D eigenvalue weighted by molar-refractivity contribution is -0.143. The number of rotatable bonds is 4. The summed E-state index contributed by atoms with van der Waals surface area (Å²) >= 11 is 1.74. The summed E-state index contributed by atoms with van der Waals surface area (Å²) in [6, 6.07) is 4.05. The van der Waals surface area contributed by atoms with Crippen LogP contribution in [-0.2, 0) is 11.2 Å². The van der Waals surface area contributed by atoms with Gasteiger partial charge in [-0.15, -0.1) is 11.3 Å². The summed E-state index contributed by atoms with van der Waals surface area (Å²) in [5.41, 5.74) is 0. The van der Waals surface area contributed by atoms with Crippen LogP contribution in [0.2, 0.25) is 0 Å². The van der Waals surface area contributed by atoms with Crippen LogP contribution < -0.4 is 5.32 Å². The first-order valence-corrected chi connectivity index (χ1v) is 8.50. The van der Waals surface area contributed by atoms with E-state index in [1.54, 1.807) is 16.2 Å². The highest BCUT2D eigenvalue weighted by atomic mass is 32.1. The van der Waals surface area contributed by atoms with E-state index in [2.05, 4.69) is 24.4 Å². The predicted octanol–water partition coefficient (Wildman–Crippen LogP) is 2.74. The van der Waals surface area contributed by atoms with E-state index in [0.29, 0.717) is 19.5 Å². The summed E-state index contributed by atoms with van der Waals surface area (Å²) in [5.74, 6) is -1.05. The van der Waals surface area contributed by atoms with Crippen molar-refractivity contribution in [1.82, 2.24) is 10.2 Å². The van der Waals surface area contributed by atoms with Gasteiger partial charge < -0.3 is 15.3 Å². The summed E-state index contributed by atoms with van der Waals surface area (Å²) in [6.45, 7) is 6.97. The standard InChI is InChI=1S/C16H24N2O3S/c1-10-6-13(15(19)20)9-18(8-10)16(21)17-11(2)7-14-5-4-12(3)22-14/h4-5,10-11,13H,6-9H2,1-3H3,(H,17,21)(H,19,20). The largest absolute Gasteiger partial charge is 0.481 e. The molecule has 0 aromatic carbocycles. The molecule has 3 unspecified atom stereocenters. The van der Waals surface area contributed by atoms with E-state index in [0.717, 1.165) is 6.42 Å². The van der Waals surface area contributed by atoms with E-state index < -0.39 is 11.9 Å². The van der Waals surface area contributed by atoms with Crippen LogP contribution in [0.3, 0.4) is 0 Å². The molecule has 3 atom stereocenters. The van der Waals surface area contributed by atoms with Crippen LogP contribution >= 0.6 is 11.3 Å². The molecule has 2 rings (SSSR count). The fourth-order valence-electron chi connectivity index (χ4n) is 2.95. The number of carboxylic acid groups (broad SMARTS) is 1. The monoisotopic (exact) mass is 324 g/mol. The molecule has 0 bridgehead atoms. The molecular formula is C16H24N2O3S. The first-order valence-electron chi connectivity index (χ1n) is 7.68. The van der Waals surface area contributed by atoms with Gasteiger partial charge in [0.25, 0.3) is 0 Å². The van der Waals surface area contributed by atoms with Gasteiger partial charge in [-0.05, 0) is 38.3 Å². The van der Waals surface area contributed by atoms with Crippen molar-refractivity contribution in [3.05, 3.63) is 21.9 Å². The molecule has 0 spiro atoms. The van der Waals surface area contributed by atoms with E-state index in [1.165, 1.54) is 9.75 Å². The topological polar surface area (TPSA) is 69.6 Å². The van der Waals surface area contributed by atoms with Gasteiger partial charge in [0.15, 0.2) is 0 Å². The van der Waals surface area contributed by atoms with Gasteiger partial charge in [0.05, 0.1) is 5.92 Å². The van der Waals surface area contributed by atoms with E-state index in [1.807, 2.05) is 13.8 Å². The predicted molar refractivity (Wildman–Crippen MR) is 87.2 cm³/mol. The second-order valence-corrected chi connectivity index (χ2v) is 7.72. The van der Waals surface area contributed by atoms with Crippen LogP contribution in [-0.4, -0.2) is 41.1 Å². The zero-order chi connectivity index (χ0) is 16.3. The van der Waals surface area contributed by atoms with Crippen LogP contribution in [0.4, 0.5) is 4.79 Å². The fraction of sp³-hybridized carbons (Fsp3) is 0.625. The lowest BCUT2D eigenvalue weighted by atomic mass is 9.91. The van der Waals surface area contributed by atoms with Crippen LogP contribution in [0, 0.1) is 18.8 Å². The fourth-order valence-corrected chi connectivity index (χ4v) is 3.97. The van der Waals surface area contributed by atoms with Crippen molar-refractivity contribution in [2.45, 2.75) is 39.7 Å². The highest BCUT2D eigenvalue weighted by molar-refractivity contribution is 7.11. The summed E-state index contributed by atoms with van der Waals surface area (Å²) in [4.78, 5) is 27.7. The molecule has 1 aliphatic rings. The number of carbonyl (C=O) groups is 2. The van der Waals surface area contributed by atoms with Crippen molar-refractivity contribution < 1.29 is 14.7 Å². The minimum atomic E-state index is -0.813. The second-order valence-electron chi connectivity index (χ2n) is 6.35. The lowest BCUT2D eigenvalue weighted by Gasteiger charge is -2.35. The maximum absolute atomic E-state index is 12.3. The third-order valence-electron chi connectivity index (χ3n) is 3.97. The smallest absolute Gasteiger partial charge is 0.317 e. The lowest BCUT2D eigenvalue weighted by Crippen LogP contribution is -2.51. The number of hydrogen-bond acceptors (Lipinski definition) is 3. The molecule has 1 saturated heterocycles. The Morgan fingerprint density at radius 3 is 2.77 bits per heavy atom. The number of nitrogens with zero attached hydrogens (tertiary/aromatic N) is 1. The third-order valence-corrected chi connectivity index (χ3v) is 4.99. The number of amides is 2. The maximum atomic E-state index is 12.3.